The first-order chi connectivity index (χ1) is 7.33. The first kappa shape index (κ1) is 13.6. The van der Waals surface area contributed by atoms with Gasteiger partial charge in [-0.3, -0.25) is 0 Å². The molecule has 1 unspecified atom stereocenters. The summed E-state index contributed by atoms with van der Waals surface area (Å²) in [4.78, 5) is -0.488. The molecule has 0 aliphatic rings. The molecule has 0 bridgehead atoms. The molecule has 0 fully saturated rings. The Labute approximate surface area is 98.5 Å². The minimum absolute atomic E-state index is 0.116. The first-order valence-electron chi connectivity index (χ1n) is 5.49. The van der Waals surface area contributed by atoms with E-state index in [0.717, 1.165) is 36.2 Å². The van der Waals surface area contributed by atoms with Crippen molar-refractivity contribution in [3.05, 3.63) is 21.9 Å². The van der Waals surface area contributed by atoms with Crippen molar-refractivity contribution < 1.29 is 13.2 Å². The van der Waals surface area contributed by atoms with Gasteiger partial charge in [0.1, 0.15) is 4.88 Å². The molecule has 16 heavy (non-hydrogen) atoms. The van der Waals surface area contributed by atoms with Crippen molar-refractivity contribution in [3.8, 4) is 0 Å². The summed E-state index contributed by atoms with van der Waals surface area (Å²) in [6.45, 7) is 6.13. The van der Waals surface area contributed by atoms with Gasteiger partial charge < -0.3 is 0 Å². The van der Waals surface area contributed by atoms with Crippen LogP contribution < -0.4 is 0 Å². The van der Waals surface area contributed by atoms with Gasteiger partial charge in [0.15, 0.2) is 0 Å². The summed E-state index contributed by atoms with van der Waals surface area (Å²) in [5.41, 5.74) is 0.712. The van der Waals surface area contributed by atoms with Crippen molar-refractivity contribution in [1.29, 1.82) is 0 Å². The van der Waals surface area contributed by atoms with Crippen LogP contribution in [-0.2, 0) is 11.6 Å². The molecule has 0 aliphatic heterocycles. The molecule has 92 valence electrons. The molecule has 0 saturated heterocycles. The SMILES string of the molecule is CCCC(C)(CC)c1csc(C(F)(F)F)c1. The third-order valence-corrected chi connectivity index (χ3v) is 4.13. The van der Waals surface area contributed by atoms with Crippen molar-refractivity contribution in [2.45, 2.75) is 51.6 Å². The van der Waals surface area contributed by atoms with E-state index in [1.807, 2.05) is 13.8 Å². The van der Waals surface area contributed by atoms with Crippen LogP contribution in [0.3, 0.4) is 0 Å². The Balaban J connectivity index is 3.00. The molecule has 0 saturated carbocycles. The van der Waals surface area contributed by atoms with Gasteiger partial charge in [-0.05, 0) is 35.3 Å². The van der Waals surface area contributed by atoms with Gasteiger partial charge in [-0.15, -0.1) is 11.3 Å². The number of thiophene rings is 1. The Morgan fingerprint density at radius 2 is 1.88 bits per heavy atom. The lowest BCUT2D eigenvalue weighted by atomic mass is 9.78. The van der Waals surface area contributed by atoms with Crippen molar-refractivity contribution in [2.24, 2.45) is 0 Å². The number of alkyl halides is 3. The third kappa shape index (κ3) is 2.78. The van der Waals surface area contributed by atoms with Crippen LogP contribution in [0.25, 0.3) is 0 Å². The summed E-state index contributed by atoms with van der Waals surface area (Å²) < 4.78 is 37.5. The maximum absolute atomic E-state index is 12.5. The summed E-state index contributed by atoms with van der Waals surface area (Å²) in [5.74, 6) is 0. The molecule has 1 aromatic heterocycles. The number of hydrogen-bond acceptors (Lipinski definition) is 1. The van der Waals surface area contributed by atoms with Crippen LogP contribution >= 0.6 is 11.3 Å². The maximum Gasteiger partial charge on any atom is 0.425 e. The van der Waals surface area contributed by atoms with Crippen LogP contribution in [-0.4, -0.2) is 0 Å². The molecule has 0 amide bonds. The summed E-state index contributed by atoms with van der Waals surface area (Å²) in [7, 11) is 0. The molecule has 1 aromatic rings. The van der Waals surface area contributed by atoms with E-state index in [4.69, 9.17) is 0 Å². The Kier molecular flexibility index (Phi) is 4.05. The van der Waals surface area contributed by atoms with E-state index in [1.54, 1.807) is 5.38 Å². The van der Waals surface area contributed by atoms with Gasteiger partial charge in [0.2, 0.25) is 0 Å². The molecule has 4 heteroatoms. The van der Waals surface area contributed by atoms with Gasteiger partial charge in [0.25, 0.3) is 0 Å². The van der Waals surface area contributed by atoms with Crippen molar-refractivity contribution in [2.75, 3.05) is 0 Å². The van der Waals surface area contributed by atoms with Crippen molar-refractivity contribution >= 4 is 11.3 Å². The lowest BCUT2D eigenvalue weighted by molar-refractivity contribution is -0.134. The van der Waals surface area contributed by atoms with Crippen LogP contribution in [0.4, 0.5) is 13.2 Å². The van der Waals surface area contributed by atoms with Gasteiger partial charge in [-0.1, -0.05) is 27.2 Å². The third-order valence-electron chi connectivity index (χ3n) is 3.16. The number of halogens is 3. The predicted molar refractivity (Wildman–Crippen MR) is 61.9 cm³/mol. The van der Waals surface area contributed by atoms with E-state index in [9.17, 15) is 13.2 Å². The molecule has 1 atom stereocenters. The smallest absolute Gasteiger partial charge is 0.165 e. The lowest BCUT2D eigenvalue weighted by Crippen LogP contribution is -2.19. The Bertz CT molecular complexity index is 340. The summed E-state index contributed by atoms with van der Waals surface area (Å²) in [5, 5.41) is 1.65. The molecule has 0 aromatic carbocycles. The highest BCUT2D eigenvalue weighted by Gasteiger charge is 2.34. The molecule has 0 spiro atoms. The van der Waals surface area contributed by atoms with Gasteiger partial charge in [0, 0.05) is 0 Å². The van der Waals surface area contributed by atoms with Crippen LogP contribution in [0.1, 0.15) is 50.5 Å². The molecule has 1 rings (SSSR count). The second-order valence-electron chi connectivity index (χ2n) is 4.36. The largest absolute Gasteiger partial charge is 0.425 e. The molecular weight excluding hydrogens is 233 g/mol. The number of hydrogen-bond donors (Lipinski definition) is 0. The maximum atomic E-state index is 12.5. The van der Waals surface area contributed by atoms with Crippen LogP contribution in [0.2, 0.25) is 0 Å². The fourth-order valence-electron chi connectivity index (χ4n) is 1.88. The van der Waals surface area contributed by atoms with Crippen LogP contribution in [0.5, 0.6) is 0 Å². The fourth-order valence-corrected chi connectivity index (χ4v) is 2.81. The standard InChI is InChI=1S/C12H17F3S/c1-4-6-11(3,5-2)9-7-10(16-8-9)12(13,14)15/h7-8H,4-6H2,1-3H3. The normalized spacial score (nSPS) is 16.1. The topological polar surface area (TPSA) is 0 Å². The average molecular weight is 250 g/mol. The molecule has 1 heterocycles. The van der Waals surface area contributed by atoms with Gasteiger partial charge in [0.05, 0.1) is 0 Å². The zero-order valence-electron chi connectivity index (χ0n) is 9.82. The molecule has 0 radical (unpaired) electrons. The molecular formula is C12H17F3S. The predicted octanol–water partition coefficient (Wildman–Crippen LogP) is 5.23. The highest BCUT2D eigenvalue weighted by atomic mass is 32.1. The van der Waals surface area contributed by atoms with Gasteiger partial charge in [-0.2, -0.15) is 13.2 Å². The fraction of sp³-hybridized carbons (Fsp3) is 0.667. The van der Waals surface area contributed by atoms with Crippen molar-refractivity contribution in [1.82, 2.24) is 0 Å². The average Bonchev–Trinajstić information content (AvgIpc) is 2.66. The van der Waals surface area contributed by atoms with E-state index in [-0.39, 0.29) is 5.41 Å². The van der Waals surface area contributed by atoms with Gasteiger partial charge >= 0.3 is 6.18 Å². The molecule has 0 N–H and O–H groups in total. The van der Waals surface area contributed by atoms with E-state index < -0.39 is 11.1 Å². The second-order valence-corrected chi connectivity index (χ2v) is 5.27. The zero-order valence-corrected chi connectivity index (χ0v) is 10.6. The second kappa shape index (κ2) is 4.78. The minimum atomic E-state index is -4.20. The first-order valence-corrected chi connectivity index (χ1v) is 6.37. The summed E-state index contributed by atoms with van der Waals surface area (Å²) in [6, 6.07) is 1.31. The highest BCUT2D eigenvalue weighted by molar-refractivity contribution is 7.10. The monoisotopic (exact) mass is 250 g/mol. The molecule has 0 aliphatic carbocycles. The quantitative estimate of drug-likeness (QED) is 0.686. The molecule has 0 nitrogen and oxygen atoms in total. The highest BCUT2D eigenvalue weighted by Crippen LogP contribution is 2.40. The van der Waals surface area contributed by atoms with E-state index in [2.05, 4.69) is 6.92 Å². The van der Waals surface area contributed by atoms with Crippen molar-refractivity contribution in [3.63, 3.8) is 0 Å². The Morgan fingerprint density at radius 3 is 2.25 bits per heavy atom. The number of rotatable bonds is 4. The van der Waals surface area contributed by atoms with Gasteiger partial charge in [-0.25, -0.2) is 0 Å². The minimum Gasteiger partial charge on any atom is -0.165 e. The zero-order chi connectivity index (χ0) is 12.4. The van der Waals surface area contributed by atoms with Crippen LogP contribution in [0.15, 0.2) is 11.4 Å². The van der Waals surface area contributed by atoms with E-state index in [0.29, 0.717) is 0 Å². The summed E-state index contributed by atoms with van der Waals surface area (Å²) >= 11 is 0.800. The van der Waals surface area contributed by atoms with E-state index >= 15 is 0 Å². The summed E-state index contributed by atoms with van der Waals surface area (Å²) in [6.07, 6.45) is -1.42. The van der Waals surface area contributed by atoms with Crippen LogP contribution in [0, 0.1) is 0 Å². The Hall–Kier alpha value is -0.510. The Morgan fingerprint density at radius 1 is 1.25 bits per heavy atom. The lowest BCUT2D eigenvalue weighted by Gasteiger charge is -2.27. The van der Waals surface area contributed by atoms with E-state index in [1.165, 1.54) is 6.07 Å².